The van der Waals surface area contributed by atoms with Crippen molar-refractivity contribution in [2.75, 3.05) is 31.0 Å². The standard InChI is InChI=1S/C23H37N3O4S/c1-5-26(20-11-13-21(30-4)14-12-20)31(28,29)25-15-7-9-19(16-25)23(27)24-22-10-6-8-17(2)18(22)3/h11-14,17-19,22H,5-10,15-16H2,1-4H3,(H,24,27)/t17-,18+,19+,22-/m1/s1. The third-order valence-electron chi connectivity index (χ3n) is 7.04. The summed E-state index contributed by atoms with van der Waals surface area (Å²) in [6.45, 7) is 7.27. The Kier molecular flexibility index (Phi) is 7.86. The highest BCUT2D eigenvalue weighted by Crippen LogP contribution is 2.31. The van der Waals surface area contributed by atoms with Crippen LogP contribution in [0.25, 0.3) is 0 Å². The number of anilines is 1. The van der Waals surface area contributed by atoms with Gasteiger partial charge in [0.05, 0.1) is 18.7 Å². The maximum Gasteiger partial charge on any atom is 0.304 e. The number of rotatable bonds is 7. The second-order valence-electron chi connectivity index (χ2n) is 8.95. The maximum absolute atomic E-state index is 13.4. The number of methoxy groups -OCH3 is 1. The molecule has 0 unspecified atom stereocenters. The SMILES string of the molecule is CCN(c1ccc(OC)cc1)S(=O)(=O)N1CCC[C@H](C(=O)N[C@@H]2CCC[C@@H](C)[C@@H]2C)C1. The van der Waals surface area contributed by atoms with Crippen molar-refractivity contribution in [1.82, 2.24) is 9.62 Å². The number of carbonyl (C=O) groups excluding carboxylic acids is 1. The van der Waals surface area contributed by atoms with Crippen molar-refractivity contribution in [1.29, 1.82) is 0 Å². The van der Waals surface area contributed by atoms with Crippen LogP contribution in [0, 0.1) is 17.8 Å². The Bertz CT molecular complexity index is 843. The predicted octanol–water partition coefficient (Wildman–Crippen LogP) is 3.42. The van der Waals surface area contributed by atoms with Gasteiger partial charge in [0.25, 0.3) is 0 Å². The smallest absolute Gasteiger partial charge is 0.304 e. The molecule has 31 heavy (non-hydrogen) atoms. The van der Waals surface area contributed by atoms with Gasteiger partial charge in [-0.05, 0) is 62.3 Å². The lowest BCUT2D eigenvalue weighted by Crippen LogP contribution is -2.52. The molecule has 0 aromatic heterocycles. The summed E-state index contributed by atoms with van der Waals surface area (Å²) in [5, 5.41) is 3.24. The number of ether oxygens (including phenoxy) is 1. The average Bonchev–Trinajstić information content (AvgIpc) is 2.77. The van der Waals surface area contributed by atoms with Gasteiger partial charge in [-0.3, -0.25) is 9.10 Å². The molecule has 1 saturated heterocycles. The Hall–Kier alpha value is -1.80. The van der Waals surface area contributed by atoms with Crippen LogP contribution in [0.1, 0.15) is 52.9 Å². The molecule has 1 aliphatic heterocycles. The number of nitrogens with one attached hydrogen (secondary N) is 1. The number of hydrogen-bond acceptors (Lipinski definition) is 4. The van der Waals surface area contributed by atoms with Crippen molar-refractivity contribution >= 4 is 21.8 Å². The van der Waals surface area contributed by atoms with E-state index in [0.29, 0.717) is 42.8 Å². The van der Waals surface area contributed by atoms with E-state index in [0.717, 1.165) is 19.3 Å². The van der Waals surface area contributed by atoms with Gasteiger partial charge in [-0.25, -0.2) is 0 Å². The summed E-state index contributed by atoms with van der Waals surface area (Å²) in [4.78, 5) is 13.0. The molecule has 2 aliphatic rings. The molecule has 1 aromatic carbocycles. The van der Waals surface area contributed by atoms with E-state index in [2.05, 4.69) is 19.2 Å². The van der Waals surface area contributed by atoms with Crippen LogP contribution in [0.5, 0.6) is 5.75 Å². The van der Waals surface area contributed by atoms with Crippen molar-refractivity contribution < 1.29 is 17.9 Å². The second kappa shape index (κ2) is 10.2. The van der Waals surface area contributed by atoms with Crippen LogP contribution in [0.3, 0.4) is 0 Å². The van der Waals surface area contributed by atoms with Gasteiger partial charge in [-0.1, -0.05) is 26.7 Å². The van der Waals surface area contributed by atoms with Crippen LogP contribution in [-0.2, 0) is 15.0 Å². The second-order valence-corrected chi connectivity index (χ2v) is 10.8. The van der Waals surface area contributed by atoms with E-state index in [9.17, 15) is 13.2 Å². The lowest BCUT2D eigenvalue weighted by Gasteiger charge is -2.38. The number of carbonyl (C=O) groups is 1. The molecular weight excluding hydrogens is 414 g/mol. The highest BCUT2D eigenvalue weighted by atomic mass is 32.2. The highest BCUT2D eigenvalue weighted by molar-refractivity contribution is 7.90. The average molecular weight is 452 g/mol. The number of nitrogens with zero attached hydrogens (tertiary/aromatic N) is 2. The molecule has 0 bridgehead atoms. The van der Waals surface area contributed by atoms with Gasteiger partial charge in [0.15, 0.2) is 0 Å². The van der Waals surface area contributed by atoms with Gasteiger partial charge in [-0.15, -0.1) is 0 Å². The molecule has 0 spiro atoms. The lowest BCUT2D eigenvalue weighted by molar-refractivity contribution is -0.127. The number of benzene rings is 1. The quantitative estimate of drug-likeness (QED) is 0.689. The van der Waals surface area contributed by atoms with E-state index in [1.165, 1.54) is 15.0 Å². The Morgan fingerprint density at radius 1 is 1.16 bits per heavy atom. The Morgan fingerprint density at radius 2 is 1.87 bits per heavy atom. The topological polar surface area (TPSA) is 79.0 Å². The molecule has 174 valence electrons. The van der Waals surface area contributed by atoms with E-state index in [-0.39, 0.29) is 24.4 Å². The number of piperidine rings is 1. The molecule has 1 aliphatic carbocycles. The third kappa shape index (κ3) is 5.34. The Balaban J connectivity index is 1.69. The first-order chi connectivity index (χ1) is 14.8. The van der Waals surface area contributed by atoms with Crippen LogP contribution in [-0.4, -0.2) is 51.4 Å². The van der Waals surface area contributed by atoms with Gasteiger partial charge < -0.3 is 10.1 Å². The van der Waals surface area contributed by atoms with Gasteiger partial charge in [0.2, 0.25) is 5.91 Å². The Labute approximate surface area is 187 Å². The molecule has 1 aromatic rings. The zero-order valence-corrected chi connectivity index (χ0v) is 20.0. The van der Waals surface area contributed by atoms with Crippen molar-refractivity contribution in [2.24, 2.45) is 17.8 Å². The number of hydrogen-bond donors (Lipinski definition) is 1. The highest BCUT2D eigenvalue weighted by Gasteiger charge is 2.37. The minimum atomic E-state index is -3.72. The molecule has 0 radical (unpaired) electrons. The molecule has 1 heterocycles. The van der Waals surface area contributed by atoms with Gasteiger partial charge in [-0.2, -0.15) is 12.7 Å². The fraction of sp³-hybridized carbons (Fsp3) is 0.696. The van der Waals surface area contributed by atoms with Crippen molar-refractivity contribution in [3.05, 3.63) is 24.3 Å². The van der Waals surface area contributed by atoms with Crippen LogP contribution in [0.15, 0.2) is 24.3 Å². The third-order valence-corrected chi connectivity index (χ3v) is 9.05. The largest absolute Gasteiger partial charge is 0.497 e. The summed E-state index contributed by atoms with van der Waals surface area (Å²) in [6.07, 6.45) is 4.76. The molecule has 1 N–H and O–H groups in total. The molecule has 4 atom stereocenters. The summed E-state index contributed by atoms with van der Waals surface area (Å²) in [5.74, 6) is 1.43. The van der Waals surface area contributed by atoms with E-state index in [1.807, 2.05) is 6.92 Å². The minimum Gasteiger partial charge on any atom is -0.497 e. The van der Waals surface area contributed by atoms with Crippen LogP contribution in [0.4, 0.5) is 5.69 Å². The fourth-order valence-electron chi connectivity index (χ4n) is 4.82. The normalized spacial score (nSPS) is 27.5. The van der Waals surface area contributed by atoms with E-state index >= 15 is 0 Å². The first-order valence-corrected chi connectivity index (χ1v) is 12.9. The van der Waals surface area contributed by atoms with Crippen molar-refractivity contribution in [3.63, 3.8) is 0 Å². The molecule has 7 nitrogen and oxygen atoms in total. The maximum atomic E-state index is 13.4. The summed E-state index contributed by atoms with van der Waals surface area (Å²) in [7, 11) is -2.14. The minimum absolute atomic E-state index is 0.00153. The van der Waals surface area contributed by atoms with Crippen LogP contribution >= 0.6 is 0 Å². The van der Waals surface area contributed by atoms with Gasteiger partial charge >= 0.3 is 10.2 Å². The molecule has 1 amide bonds. The lowest BCUT2D eigenvalue weighted by atomic mass is 9.78. The molecule has 1 saturated carbocycles. The van der Waals surface area contributed by atoms with E-state index < -0.39 is 10.2 Å². The van der Waals surface area contributed by atoms with Crippen LogP contribution < -0.4 is 14.4 Å². The zero-order chi connectivity index (χ0) is 22.6. The summed E-state index contributed by atoms with van der Waals surface area (Å²) in [6, 6.07) is 7.20. The van der Waals surface area contributed by atoms with Crippen molar-refractivity contribution in [3.8, 4) is 5.75 Å². The first-order valence-electron chi connectivity index (χ1n) is 11.5. The number of amides is 1. The summed E-state index contributed by atoms with van der Waals surface area (Å²) in [5.41, 5.74) is 0.597. The van der Waals surface area contributed by atoms with E-state index in [1.54, 1.807) is 31.4 Å². The van der Waals surface area contributed by atoms with Gasteiger partial charge in [0.1, 0.15) is 5.75 Å². The summed E-state index contributed by atoms with van der Waals surface area (Å²) < 4.78 is 34.9. The van der Waals surface area contributed by atoms with Gasteiger partial charge in [0, 0.05) is 25.7 Å². The Morgan fingerprint density at radius 3 is 2.52 bits per heavy atom. The molecule has 3 rings (SSSR count). The molecular formula is C23H37N3O4S. The predicted molar refractivity (Wildman–Crippen MR) is 123 cm³/mol. The van der Waals surface area contributed by atoms with E-state index in [4.69, 9.17) is 4.74 Å². The van der Waals surface area contributed by atoms with Crippen molar-refractivity contribution in [2.45, 2.75) is 58.9 Å². The van der Waals surface area contributed by atoms with Crippen LogP contribution in [0.2, 0.25) is 0 Å². The fourth-order valence-corrected chi connectivity index (χ4v) is 6.54. The molecule has 8 heteroatoms. The monoisotopic (exact) mass is 451 g/mol. The zero-order valence-electron chi connectivity index (χ0n) is 19.2. The summed E-state index contributed by atoms with van der Waals surface area (Å²) >= 11 is 0. The first kappa shape index (κ1) is 23.9. The molecule has 2 fully saturated rings.